The van der Waals surface area contributed by atoms with Crippen LogP contribution < -0.4 is 20.1 Å². The van der Waals surface area contributed by atoms with Crippen molar-refractivity contribution in [1.82, 2.24) is 5.32 Å². The summed E-state index contributed by atoms with van der Waals surface area (Å²) in [6.45, 7) is 0.108. The smallest absolute Gasteiger partial charge is 0.319 e. The van der Waals surface area contributed by atoms with Crippen LogP contribution in [0.5, 0.6) is 11.5 Å². The van der Waals surface area contributed by atoms with Crippen LogP contribution in [-0.2, 0) is 0 Å². The zero-order valence-electron chi connectivity index (χ0n) is 13.1. The second-order valence-corrected chi connectivity index (χ2v) is 4.86. The Morgan fingerprint density at radius 3 is 2.26 bits per heavy atom. The van der Waals surface area contributed by atoms with Gasteiger partial charge in [-0.15, -0.1) is 0 Å². The van der Waals surface area contributed by atoms with Crippen LogP contribution in [0.25, 0.3) is 0 Å². The number of hydrogen-bond acceptors (Lipinski definition) is 4. The number of amides is 2. The summed E-state index contributed by atoms with van der Waals surface area (Å²) in [5.41, 5.74) is 1.28. The van der Waals surface area contributed by atoms with Crippen molar-refractivity contribution in [2.45, 2.75) is 6.10 Å². The molecule has 0 bridgehead atoms. The molecule has 0 aliphatic heterocycles. The Morgan fingerprint density at radius 2 is 1.70 bits per heavy atom. The van der Waals surface area contributed by atoms with E-state index in [1.807, 2.05) is 18.2 Å². The van der Waals surface area contributed by atoms with Gasteiger partial charge >= 0.3 is 6.03 Å². The van der Waals surface area contributed by atoms with Crippen LogP contribution in [0.2, 0.25) is 0 Å². The molecule has 0 aliphatic rings. The summed E-state index contributed by atoms with van der Waals surface area (Å²) in [4.78, 5) is 11.9. The quantitative estimate of drug-likeness (QED) is 0.765. The fourth-order valence-corrected chi connectivity index (χ4v) is 2.04. The number of aliphatic hydroxyl groups excluding tert-OH is 1. The molecule has 0 saturated carbocycles. The van der Waals surface area contributed by atoms with E-state index in [2.05, 4.69) is 10.6 Å². The van der Waals surface area contributed by atoms with Gasteiger partial charge in [0.2, 0.25) is 0 Å². The average Bonchev–Trinajstić information content (AvgIpc) is 2.60. The number of ether oxygens (including phenoxy) is 2. The van der Waals surface area contributed by atoms with E-state index >= 15 is 0 Å². The van der Waals surface area contributed by atoms with Crippen LogP contribution in [0.15, 0.2) is 48.5 Å². The summed E-state index contributed by atoms with van der Waals surface area (Å²) >= 11 is 0. The van der Waals surface area contributed by atoms with Gasteiger partial charge < -0.3 is 25.2 Å². The molecule has 2 amide bonds. The molecule has 122 valence electrons. The fourth-order valence-electron chi connectivity index (χ4n) is 2.04. The molecular weight excluding hydrogens is 296 g/mol. The van der Waals surface area contributed by atoms with E-state index in [0.717, 1.165) is 5.56 Å². The van der Waals surface area contributed by atoms with Gasteiger partial charge in [0.25, 0.3) is 0 Å². The monoisotopic (exact) mass is 316 g/mol. The molecular formula is C17H20N2O4. The lowest BCUT2D eigenvalue weighted by Crippen LogP contribution is -2.32. The van der Waals surface area contributed by atoms with Crippen molar-refractivity contribution in [3.05, 3.63) is 54.1 Å². The molecule has 2 aromatic rings. The van der Waals surface area contributed by atoms with Crippen LogP contribution >= 0.6 is 0 Å². The van der Waals surface area contributed by atoms with Gasteiger partial charge in [0, 0.05) is 30.4 Å². The van der Waals surface area contributed by atoms with Crippen LogP contribution in [0.1, 0.15) is 11.7 Å². The number of methoxy groups -OCH3 is 2. The van der Waals surface area contributed by atoms with Gasteiger partial charge in [-0.2, -0.15) is 0 Å². The Labute approximate surface area is 135 Å². The van der Waals surface area contributed by atoms with E-state index in [1.54, 1.807) is 30.3 Å². The number of aliphatic hydroxyl groups is 1. The number of hydrogen-bond donors (Lipinski definition) is 3. The summed E-state index contributed by atoms with van der Waals surface area (Å²) < 4.78 is 10.3. The van der Waals surface area contributed by atoms with E-state index in [0.29, 0.717) is 17.2 Å². The molecule has 3 N–H and O–H groups in total. The molecule has 6 heteroatoms. The first-order chi connectivity index (χ1) is 11.1. The Balaban J connectivity index is 1.92. The minimum absolute atomic E-state index is 0.108. The third kappa shape index (κ3) is 4.89. The van der Waals surface area contributed by atoms with Gasteiger partial charge in [0.05, 0.1) is 20.3 Å². The number of benzene rings is 2. The summed E-state index contributed by atoms with van der Waals surface area (Å²) in [6.07, 6.45) is -0.762. The number of anilines is 1. The highest BCUT2D eigenvalue weighted by atomic mass is 16.5. The Hall–Kier alpha value is -2.73. The SMILES string of the molecule is COc1cc(NC(=O)NCC(O)c2ccccc2)cc(OC)c1. The maximum Gasteiger partial charge on any atom is 0.319 e. The number of rotatable bonds is 6. The highest BCUT2D eigenvalue weighted by Gasteiger charge is 2.10. The van der Waals surface area contributed by atoms with Crippen molar-refractivity contribution >= 4 is 11.7 Å². The zero-order chi connectivity index (χ0) is 16.7. The van der Waals surface area contributed by atoms with Crippen LogP contribution in [0.4, 0.5) is 10.5 Å². The molecule has 0 spiro atoms. The summed E-state index contributed by atoms with van der Waals surface area (Å²) in [5, 5.41) is 15.3. The van der Waals surface area contributed by atoms with Gasteiger partial charge in [-0.05, 0) is 5.56 Å². The van der Waals surface area contributed by atoms with Gasteiger partial charge in [0.15, 0.2) is 0 Å². The van der Waals surface area contributed by atoms with E-state index in [-0.39, 0.29) is 6.54 Å². The van der Waals surface area contributed by atoms with E-state index in [9.17, 15) is 9.90 Å². The number of urea groups is 1. The average molecular weight is 316 g/mol. The largest absolute Gasteiger partial charge is 0.497 e. The fraction of sp³-hybridized carbons (Fsp3) is 0.235. The molecule has 23 heavy (non-hydrogen) atoms. The zero-order valence-corrected chi connectivity index (χ0v) is 13.1. The molecule has 0 heterocycles. The topological polar surface area (TPSA) is 79.8 Å². The van der Waals surface area contributed by atoms with Crippen molar-refractivity contribution in [2.24, 2.45) is 0 Å². The summed E-state index contributed by atoms with van der Waals surface area (Å²) in [7, 11) is 3.07. The van der Waals surface area contributed by atoms with Crippen LogP contribution in [-0.4, -0.2) is 31.9 Å². The highest BCUT2D eigenvalue weighted by Crippen LogP contribution is 2.25. The lowest BCUT2D eigenvalue weighted by molar-refractivity contribution is 0.175. The van der Waals surface area contributed by atoms with Gasteiger partial charge in [0.1, 0.15) is 11.5 Å². The second-order valence-electron chi connectivity index (χ2n) is 4.86. The highest BCUT2D eigenvalue weighted by molar-refractivity contribution is 5.89. The van der Waals surface area contributed by atoms with Crippen molar-refractivity contribution in [3.63, 3.8) is 0 Å². The summed E-state index contributed by atoms with van der Waals surface area (Å²) in [6, 6.07) is 13.8. The van der Waals surface area contributed by atoms with E-state index in [4.69, 9.17) is 9.47 Å². The lowest BCUT2D eigenvalue weighted by atomic mass is 10.1. The Bertz CT molecular complexity index is 624. The first-order valence-electron chi connectivity index (χ1n) is 7.13. The standard InChI is InChI=1S/C17H20N2O4/c1-22-14-8-13(9-15(10-14)23-2)19-17(21)18-11-16(20)12-6-4-3-5-7-12/h3-10,16,20H,11H2,1-2H3,(H2,18,19,21). The van der Waals surface area contributed by atoms with Crippen molar-refractivity contribution in [3.8, 4) is 11.5 Å². The lowest BCUT2D eigenvalue weighted by Gasteiger charge is -2.14. The summed E-state index contributed by atoms with van der Waals surface area (Å²) in [5.74, 6) is 1.15. The Morgan fingerprint density at radius 1 is 1.09 bits per heavy atom. The molecule has 0 aliphatic carbocycles. The van der Waals surface area contributed by atoms with Gasteiger partial charge in [-0.3, -0.25) is 0 Å². The number of nitrogens with one attached hydrogen (secondary N) is 2. The molecule has 0 radical (unpaired) electrons. The number of carbonyl (C=O) groups excluding carboxylic acids is 1. The molecule has 1 atom stereocenters. The molecule has 2 aromatic carbocycles. The first kappa shape index (κ1) is 16.6. The third-order valence-electron chi connectivity index (χ3n) is 3.25. The van der Waals surface area contributed by atoms with Gasteiger partial charge in [-0.25, -0.2) is 4.79 Å². The normalized spacial score (nSPS) is 11.4. The van der Waals surface area contributed by atoms with E-state index in [1.165, 1.54) is 14.2 Å². The second kappa shape index (κ2) is 8.05. The molecule has 6 nitrogen and oxygen atoms in total. The van der Waals surface area contributed by atoms with Gasteiger partial charge in [-0.1, -0.05) is 30.3 Å². The van der Waals surface area contributed by atoms with Crippen LogP contribution in [0.3, 0.4) is 0 Å². The predicted octanol–water partition coefficient (Wildman–Crippen LogP) is 2.56. The van der Waals surface area contributed by atoms with Crippen LogP contribution in [0, 0.1) is 0 Å². The van der Waals surface area contributed by atoms with Crippen molar-refractivity contribution in [2.75, 3.05) is 26.1 Å². The first-order valence-corrected chi connectivity index (χ1v) is 7.13. The molecule has 0 saturated heterocycles. The maximum absolute atomic E-state index is 11.9. The molecule has 0 aromatic heterocycles. The predicted molar refractivity (Wildman–Crippen MR) is 88.0 cm³/mol. The molecule has 1 unspecified atom stereocenters. The Kier molecular flexibility index (Phi) is 5.82. The van der Waals surface area contributed by atoms with Crippen molar-refractivity contribution < 1.29 is 19.4 Å². The van der Waals surface area contributed by atoms with E-state index < -0.39 is 12.1 Å². The minimum atomic E-state index is -0.762. The molecule has 2 rings (SSSR count). The third-order valence-corrected chi connectivity index (χ3v) is 3.25. The molecule has 0 fully saturated rings. The van der Waals surface area contributed by atoms with Crippen molar-refractivity contribution in [1.29, 1.82) is 0 Å². The maximum atomic E-state index is 11.9. The minimum Gasteiger partial charge on any atom is -0.497 e. The number of carbonyl (C=O) groups is 1.